The molecule has 1 saturated heterocycles. The van der Waals surface area contributed by atoms with E-state index in [1.165, 1.54) is 11.8 Å². The Labute approximate surface area is 162 Å². The molecule has 3 rings (SSSR count). The summed E-state index contributed by atoms with van der Waals surface area (Å²) in [6, 6.07) is 0. The van der Waals surface area contributed by atoms with Crippen LogP contribution in [0, 0.1) is 12.8 Å². The predicted molar refractivity (Wildman–Crippen MR) is 102 cm³/mol. The van der Waals surface area contributed by atoms with Crippen molar-refractivity contribution in [3.8, 4) is 0 Å². The number of nitrogens with zero attached hydrogens (tertiary/aromatic N) is 4. The molecule has 0 bridgehead atoms. The minimum atomic E-state index is -0.327. The number of hydrogen-bond acceptors (Lipinski definition) is 6. The molecule has 8 nitrogen and oxygen atoms in total. The van der Waals surface area contributed by atoms with Crippen molar-refractivity contribution < 1.29 is 14.3 Å². The van der Waals surface area contributed by atoms with Crippen LogP contribution in [-0.4, -0.2) is 69.9 Å². The van der Waals surface area contributed by atoms with E-state index in [-0.39, 0.29) is 23.5 Å². The molecule has 0 aromatic carbocycles. The number of carbonyl (C=O) groups is 2. The summed E-state index contributed by atoms with van der Waals surface area (Å²) in [5, 5.41) is 0.700. The van der Waals surface area contributed by atoms with Crippen LogP contribution >= 0.6 is 11.8 Å². The molecule has 2 aliphatic heterocycles. The first-order chi connectivity index (χ1) is 13.0. The quantitative estimate of drug-likeness (QED) is 0.715. The average molecular weight is 394 g/mol. The summed E-state index contributed by atoms with van der Waals surface area (Å²) in [6.07, 6.45) is 0.309. The zero-order chi connectivity index (χ0) is 19.6. The van der Waals surface area contributed by atoms with Crippen molar-refractivity contribution in [2.24, 2.45) is 5.92 Å². The van der Waals surface area contributed by atoms with Gasteiger partial charge in [0.05, 0.1) is 12.5 Å². The molecule has 0 radical (unpaired) electrons. The Balaban J connectivity index is 1.67. The van der Waals surface area contributed by atoms with Crippen molar-refractivity contribution in [3.63, 3.8) is 0 Å². The second kappa shape index (κ2) is 8.33. The molecule has 27 heavy (non-hydrogen) atoms. The standard InChI is InChI=1S/C18H26N4O4S/c1-4-14-12(3)19-17-22(16(14)24)10-13(11-27-17)15(23)20-6-8-21(9-7-20)18(25)26-5-2/h13H,4-11H2,1-3H3/t13-/m1/s1. The number of ether oxygens (including phenoxy) is 1. The molecular weight excluding hydrogens is 368 g/mol. The predicted octanol–water partition coefficient (Wildman–Crippen LogP) is 1.14. The summed E-state index contributed by atoms with van der Waals surface area (Å²) in [5.41, 5.74) is 1.47. The van der Waals surface area contributed by atoms with Crippen molar-refractivity contribution in [3.05, 3.63) is 21.6 Å². The van der Waals surface area contributed by atoms with Crippen LogP contribution in [0.1, 0.15) is 25.1 Å². The molecule has 0 unspecified atom stereocenters. The van der Waals surface area contributed by atoms with E-state index in [1.807, 2.05) is 13.8 Å². The molecule has 2 amide bonds. The third-order valence-electron chi connectivity index (χ3n) is 5.07. The van der Waals surface area contributed by atoms with Crippen LogP contribution in [0.5, 0.6) is 0 Å². The first-order valence-electron chi connectivity index (χ1n) is 9.39. The Kier molecular flexibility index (Phi) is 6.08. The summed E-state index contributed by atoms with van der Waals surface area (Å²) in [5.74, 6) is 0.416. The van der Waals surface area contributed by atoms with E-state index in [4.69, 9.17) is 4.74 Å². The van der Waals surface area contributed by atoms with Crippen LogP contribution in [0.3, 0.4) is 0 Å². The summed E-state index contributed by atoms with van der Waals surface area (Å²) in [6.45, 7) is 8.24. The second-order valence-corrected chi connectivity index (χ2v) is 7.73. The molecule has 1 atom stereocenters. The Hall–Kier alpha value is -2.03. The molecule has 148 valence electrons. The van der Waals surface area contributed by atoms with Gasteiger partial charge in [0.1, 0.15) is 0 Å². The van der Waals surface area contributed by atoms with E-state index in [2.05, 4.69) is 4.98 Å². The number of fused-ring (bicyclic) bond motifs is 1. The van der Waals surface area contributed by atoms with Crippen LogP contribution in [0.15, 0.2) is 9.95 Å². The lowest BCUT2D eigenvalue weighted by Crippen LogP contribution is -2.53. The summed E-state index contributed by atoms with van der Waals surface area (Å²) < 4.78 is 6.66. The molecule has 1 aromatic rings. The number of thioether (sulfide) groups is 1. The Bertz CT molecular complexity index is 786. The topological polar surface area (TPSA) is 84.7 Å². The maximum absolute atomic E-state index is 12.9. The number of aryl methyl sites for hydroxylation is 1. The largest absolute Gasteiger partial charge is 0.450 e. The number of carbonyl (C=O) groups excluding carboxylic acids is 2. The molecule has 9 heteroatoms. The molecule has 1 fully saturated rings. The van der Waals surface area contributed by atoms with Gasteiger partial charge >= 0.3 is 6.09 Å². The molecular formula is C18H26N4O4S. The van der Waals surface area contributed by atoms with Gasteiger partial charge in [0.15, 0.2) is 5.16 Å². The van der Waals surface area contributed by atoms with Crippen LogP contribution in [-0.2, 0) is 22.5 Å². The van der Waals surface area contributed by atoms with E-state index >= 15 is 0 Å². The average Bonchev–Trinajstić information content (AvgIpc) is 2.68. The molecule has 0 saturated carbocycles. The van der Waals surface area contributed by atoms with Gasteiger partial charge in [-0.05, 0) is 20.3 Å². The Morgan fingerprint density at radius 1 is 1.19 bits per heavy atom. The molecule has 1 aromatic heterocycles. The monoisotopic (exact) mass is 394 g/mol. The lowest BCUT2D eigenvalue weighted by atomic mass is 10.1. The number of piperazine rings is 1. The first kappa shape index (κ1) is 19.7. The van der Waals surface area contributed by atoms with E-state index in [0.29, 0.717) is 56.7 Å². The highest BCUT2D eigenvalue weighted by Crippen LogP contribution is 2.27. The van der Waals surface area contributed by atoms with Crippen molar-refractivity contribution in [1.82, 2.24) is 19.4 Å². The van der Waals surface area contributed by atoms with Gasteiger partial charge < -0.3 is 14.5 Å². The number of hydrogen-bond donors (Lipinski definition) is 0. The van der Waals surface area contributed by atoms with E-state index < -0.39 is 0 Å². The van der Waals surface area contributed by atoms with Gasteiger partial charge in [0.2, 0.25) is 5.91 Å². The zero-order valence-corrected chi connectivity index (χ0v) is 16.9. The summed E-state index contributed by atoms with van der Waals surface area (Å²) >= 11 is 1.47. The fraction of sp³-hybridized carbons (Fsp3) is 0.667. The van der Waals surface area contributed by atoms with Gasteiger partial charge in [-0.3, -0.25) is 14.2 Å². The third-order valence-corrected chi connectivity index (χ3v) is 6.21. The fourth-order valence-electron chi connectivity index (χ4n) is 3.53. The first-order valence-corrected chi connectivity index (χ1v) is 10.4. The van der Waals surface area contributed by atoms with E-state index in [1.54, 1.807) is 21.3 Å². The Morgan fingerprint density at radius 3 is 2.48 bits per heavy atom. The lowest BCUT2D eigenvalue weighted by molar-refractivity contribution is -0.137. The maximum atomic E-state index is 12.9. The maximum Gasteiger partial charge on any atom is 0.409 e. The van der Waals surface area contributed by atoms with Crippen molar-refractivity contribution in [2.45, 2.75) is 38.9 Å². The third kappa shape index (κ3) is 3.97. The number of rotatable bonds is 3. The van der Waals surface area contributed by atoms with E-state index in [9.17, 15) is 14.4 Å². The highest BCUT2D eigenvalue weighted by molar-refractivity contribution is 7.99. The van der Waals surface area contributed by atoms with Gasteiger partial charge in [0.25, 0.3) is 5.56 Å². The van der Waals surface area contributed by atoms with Crippen molar-refractivity contribution in [1.29, 1.82) is 0 Å². The van der Waals surface area contributed by atoms with Crippen LogP contribution in [0.2, 0.25) is 0 Å². The number of aromatic nitrogens is 2. The van der Waals surface area contributed by atoms with Gasteiger partial charge in [-0.25, -0.2) is 9.78 Å². The van der Waals surface area contributed by atoms with Crippen LogP contribution < -0.4 is 5.56 Å². The summed E-state index contributed by atoms with van der Waals surface area (Å²) in [7, 11) is 0. The molecule has 3 heterocycles. The van der Waals surface area contributed by atoms with Gasteiger partial charge in [-0.15, -0.1) is 0 Å². The van der Waals surface area contributed by atoms with Crippen molar-refractivity contribution in [2.75, 3.05) is 38.5 Å². The molecule has 2 aliphatic rings. The van der Waals surface area contributed by atoms with Gasteiger partial charge in [-0.2, -0.15) is 0 Å². The SMILES string of the molecule is CCOC(=O)N1CCN(C(=O)[C@H]2CSc3nc(C)c(CC)c(=O)n3C2)CC1. The highest BCUT2D eigenvalue weighted by atomic mass is 32.2. The van der Waals surface area contributed by atoms with Gasteiger partial charge in [0, 0.05) is 49.7 Å². The van der Waals surface area contributed by atoms with Gasteiger partial charge in [-0.1, -0.05) is 18.7 Å². The minimum Gasteiger partial charge on any atom is -0.450 e. The molecule has 0 spiro atoms. The van der Waals surface area contributed by atoms with Crippen LogP contribution in [0.4, 0.5) is 4.79 Å². The summed E-state index contributed by atoms with van der Waals surface area (Å²) in [4.78, 5) is 45.4. The lowest BCUT2D eigenvalue weighted by Gasteiger charge is -2.36. The number of amides is 2. The zero-order valence-electron chi connectivity index (χ0n) is 16.1. The smallest absolute Gasteiger partial charge is 0.409 e. The second-order valence-electron chi connectivity index (χ2n) is 6.75. The molecule has 0 N–H and O–H groups in total. The Morgan fingerprint density at radius 2 is 1.85 bits per heavy atom. The minimum absolute atomic E-state index is 0.0304. The van der Waals surface area contributed by atoms with E-state index in [0.717, 1.165) is 11.3 Å². The normalized spacial score (nSPS) is 19.6. The molecule has 0 aliphatic carbocycles. The highest BCUT2D eigenvalue weighted by Gasteiger charge is 2.33. The van der Waals surface area contributed by atoms with Crippen LogP contribution in [0.25, 0.3) is 0 Å². The fourth-order valence-corrected chi connectivity index (χ4v) is 4.65. The van der Waals surface area contributed by atoms with Crippen molar-refractivity contribution >= 4 is 23.8 Å².